The normalized spacial score (nSPS) is 19.0. The van der Waals surface area contributed by atoms with Crippen LogP contribution >= 0.6 is 0 Å². The molecule has 3 aromatic heterocycles. The summed E-state index contributed by atoms with van der Waals surface area (Å²) in [4.78, 5) is 24.6. The lowest BCUT2D eigenvalue weighted by Crippen LogP contribution is -2.71. The molecule has 1 saturated heterocycles. The second-order valence-corrected chi connectivity index (χ2v) is 9.21. The number of likely N-dealkylation sites (tertiary alicyclic amines) is 1. The van der Waals surface area contributed by atoms with E-state index in [1.807, 2.05) is 25.4 Å². The van der Waals surface area contributed by atoms with Crippen molar-refractivity contribution in [1.82, 2.24) is 24.8 Å². The fourth-order valence-electron chi connectivity index (χ4n) is 5.65. The first-order chi connectivity index (χ1) is 14.4. The number of fused-ring (bicyclic) bond motifs is 5. The standard InChI is InChI=1S/C24H25N5O/c1-14-4-5-16(11-25-14)19-8-18-15(10-26-19)6-7-17-21-20(29(3)22(17)18)9-24(27-23(21)30)12-28(2)13-24/h4-5,8,10-11H,6-7,9,12-13H2,1-3H3,(H,27,30). The Morgan fingerprint density at radius 1 is 1.10 bits per heavy atom. The first-order valence-corrected chi connectivity index (χ1v) is 10.6. The zero-order valence-electron chi connectivity index (χ0n) is 17.6. The molecule has 1 N–H and O–H groups in total. The Morgan fingerprint density at radius 3 is 2.67 bits per heavy atom. The van der Waals surface area contributed by atoms with Crippen molar-refractivity contribution in [3.05, 3.63) is 58.7 Å². The van der Waals surface area contributed by atoms with Crippen molar-refractivity contribution in [2.45, 2.75) is 31.7 Å². The lowest BCUT2D eigenvalue weighted by atomic mass is 9.80. The smallest absolute Gasteiger partial charge is 0.253 e. The van der Waals surface area contributed by atoms with E-state index in [-0.39, 0.29) is 11.4 Å². The maximum atomic E-state index is 13.2. The van der Waals surface area contributed by atoms with Gasteiger partial charge in [-0.3, -0.25) is 14.8 Å². The Bertz CT molecular complexity index is 1200. The molecule has 0 atom stereocenters. The van der Waals surface area contributed by atoms with E-state index in [1.54, 1.807) is 0 Å². The molecule has 0 radical (unpaired) electrons. The fraction of sp³-hybridized carbons (Fsp3) is 0.375. The van der Waals surface area contributed by atoms with Crippen molar-refractivity contribution < 1.29 is 4.79 Å². The van der Waals surface area contributed by atoms with Gasteiger partial charge in [0.2, 0.25) is 0 Å². The molecule has 1 spiro atoms. The average molecular weight is 399 g/mol. The molecule has 6 nitrogen and oxygen atoms in total. The number of nitrogens with zero attached hydrogens (tertiary/aromatic N) is 4. The molecule has 1 amide bonds. The quantitative estimate of drug-likeness (QED) is 0.683. The van der Waals surface area contributed by atoms with Gasteiger partial charge >= 0.3 is 0 Å². The molecule has 5 heterocycles. The predicted molar refractivity (Wildman–Crippen MR) is 115 cm³/mol. The molecule has 0 unspecified atom stereocenters. The van der Waals surface area contributed by atoms with E-state index in [9.17, 15) is 4.79 Å². The number of rotatable bonds is 1. The van der Waals surface area contributed by atoms with Crippen LogP contribution < -0.4 is 5.32 Å². The van der Waals surface area contributed by atoms with E-state index in [4.69, 9.17) is 4.98 Å². The summed E-state index contributed by atoms with van der Waals surface area (Å²) in [5.74, 6) is 0.0988. The summed E-state index contributed by atoms with van der Waals surface area (Å²) in [7, 11) is 4.22. The van der Waals surface area contributed by atoms with Crippen molar-refractivity contribution >= 4 is 5.91 Å². The van der Waals surface area contributed by atoms with Crippen LogP contribution in [0.5, 0.6) is 0 Å². The molecular weight excluding hydrogens is 374 g/mol. The van der Waals surface area contributed by atoms with Crippen molar-refractivity contribution in [1.29, 1.82) is 0 Å². The van der Waals surface area contributed by atoms with Gasteiger partial charge in [0.05, 0.1) is 22.5 Å². The van der Waals surface area contributed by atoms with E-state index in [2.05, 4.69) is 46.0 Å². The van der Waals surface area contributed by atoms with Crippen molar-refractivity contribution in [2.24, 2.45) is 7.05 Å². The molecule has 3 aliphatic rings. The predicted octanol–water partition coefficient (Wildman–Crippen LogP) is 2.53. The molecule has 1 aliphatic carbocycles. The van der Waals surface area contributed by atoms with E-state index in [0.29, 0.717) is 0 Å². The van der Waals surface area contributed by atoms with Gasteiger partial charge in [0.15, 0.2) is 0 Å². The minimum atomic E-state index is -0.104. The van der Waals surface area contributed by atoms with Crippen LogP contribution in [0.25, 0.3) is 22.5 Å². The first-order valence-electron chi connectivity index (χ1n) is 10.6. The van der Waals surface area contributed by atoms with Gasteiger partial charge in [-0.05, 0) is 56.1 Å². The van der Waals surface area contributed by atoms with Crippen LogP contribution in [0.3, 0.4) is 0 Å². The molecule has 3 aromatic rings. The number of hydrogen-bond donors (Lipinski definition) is 1. The number of aromatic nitrogens is 3. The van der Waals surface area contributed by atoms with Crippen molar-refractivity contribution in [3.63, 3.8) is 0 Å². The third-order valence-corrected chi connectivity index (χ3v) is 6.97. The van der Waals surface area contributed by atoms with Crippen LogP contribution in [0.4, 0.5) is 0 Å². The molecule has 2 aliphatic heterocycles. The molecule has 1 fully saturated rings. The van der Waals surface area contributed by atoms with E-state index >= 15 is 0 Å². The highest BCUT2D eigenvalue weighted by molar-refractivity contribution is 6.01. The van der Waals surface area contributed by atoms with Gasteiger partial charge in [0.25, 0.3) is 5.91 Å². The largest absolute Gasteiger partial charge is 0.347 e. The van der Waals surface area contributed by atoms with Gasteiger partial charge in [0.1, 0.15) is 0 Å². The van der Waals surface area contributed by atoms with Crippen molar-refractivity contribution in [3.8, 4) is 22.5 Å². The molecule has 6 heteroatoms. The number of hydrogen-bond acceptors (Lipinski definition) is 4. The number of pyridine rings is 2. The van der Waals surface area contributed by atoms with Crippen LogP contribution in [-0.2, 0) is 26.3 Å². The Kier molecular flexibility index (Phi) is 3.58. The molecule has 30 heavy (non-hydrogen) atoms. The minimum absolute atomic E-state index is 0.0988. The highest BCUT2D eigenvalue weighted by Gasteiger charge is 2.48. The van der Waals surface area contributed by atoms with Crippen LogP contribution in [0.1, 0.15) is 32.9 Å². The zero-order chi connectivity index (χ0) is 20.6. The average Bonchev–Trinajstić information content (AvgIpc) is 3.00. The van der Waals surface area contributed by atoms with Crippen LogP contribution in [-0.4, -0.2) is 51.0 Å². The summed E-state index contributed by atoms with van der Waals surface area (Å²) in [6.07, 6.45) is 6.59. The fourth-order valence-corrected chi connectivity index (χ4v) is 5.65. The summed E-state index contributed by atoms with van der Waals surface area (Å²) in [6.45, 7) is 3.82. The molecule has 0 bridgehead atoms. The zero-order valence-corrected chi connectivity index (χ0v) is 17.6. The number of amides is 1. The van der Waals surface area contributed by atoms with Gasteiger partial charge in [-0.1, -0.05) is 0 Å². The maximum Gasteiger partial charge on any atom is 0.253 e. The SMILES string of the molecule is Cc1ccc(-c2cc3c(cn2)CCc2c4c(n(C)c2-3)CC2(CN(C)C2)NC4=O)cn1. The van der Waals surface area contributed by atoms with Gasteiger partial charge in [-0.2, -0.15) is 0 Å². The number of nitrogens with one attached hydrogen (secondary N) is 1. The lowest BCUT2D eigenvalue weighted by Gasteiger charge is -2.51. The van der Waals surface area contributed by atoms with E-state index < -0.39 is 0 Å². The highest BCUT2D eigenvalue weighted by atomic mass is 16.2. The van der Waals surface area contributed by atoms with Gasteiger partial charge in [-0.15, -0.1) is 0 Å². The maximum absolute atomic E-state index is 13.2. The topological polar surface area (TPSA) is 63.1 Å². The van der Waals surface area contributed by atoms with Crippen LogP contribution in [0.15, 0.2) is 30.6 Å². The molecule has 0 saturated carbocycles. The van der Waals surface area contributed by atoms with Gasteiger partial charge in [0, 0.05) is 61.5 Å². The summed E-state index contributed by atoms with van der Waals surface area (Å²) in [5, 5.41) is 3.33. The van der Waals surface area contributed by atoms with Gasteiger partial charge < -0.3 is 14.8 Å². The highest BCUT2D eigenvalue weighted by Crippen LogP contribution is 2.42. The third kappa shape index (κ3) is 2.43. The molecule has 0 aromatic carbocycles. The Morgan fingerprint density at radius 2 is 1.93 bits per heavy atom. The molecule has 152 valence electrons. The van der Waals surface area contributed by atoms with E-state index in [1.165, 1.54) is 28.1 Å². The van der Waals surface area contributed by atoms with E-state index in [0.717, 1.165) is 54.9 Å². The first kappa shape index (κ1) is 17.8. The summed E-state index contributed by atoms with van der Waals surface area (Å²) in [6, 6.07) is 6.26. The number of likely N-dealkylation sites (N-methyl/N-ethyl adjacent to an activating group) is 1. The number of carbonyl (C=O) groups excluding carboxylic acids is 1. The second kappa shape index (κ2) is 6.01. The Balaban J connectivity index is 1.49. The monoisotopic (exact) mass is 399 g/mol. The Hall–Kier alpha value is -2.99. The third-order valence-electron chi connectivity index (χ3n) is 6.97. The molecule has 6 rings (SSSR count). The molecular formula is C24H25N5O. The van der Waals surface area contributed by atoms with Crippen LogP contribution in [0.2, 0.25) is 0 Å². The minimum Gasteiger partial charge on any atom is -0.347 e. The number of aryl methyl sites for hydroxylation is 2. The second-order valence-electron chi connectivity index (χ2n) is 9.21. The van der Waals surface area contributed by atoms with Gasteiger partial charge in [-0.25, -0.2) is 0 Å². The lowest BCUT2D eigenvalue weighted by molar-refractivity contribution is 0.0474. The summed E-state index contributed by atoms with van der Waals surface area (Å²) < 4.78 is 2.28. The van der Waals surface area contributed by atoms with Crippen LogP contribution in [0, 0.1) is 6.92 Å². The van der Waals surface area contributed by atoms with Crippen molar-refractivity contribution in [2.75, 3.05) is 20.1 Å². The Labute approximate surface area is 176 Å². The summed E-state index contributed by atoms with van der Waals surface area (Å²) >= 11 is 0. The number of carbonyl (C=O) groups is 1. The summed E-state index contributed by atoms with van der Waals surface area (Å²) in [5.41, 5.74) is 9.76.